The lowest BCUT2D eigenvalue weighted by Gasteiger charge is -2.19. The molecule has 19 heavy (non-hydrogen) atoms. The Kier molecular flexibility index (Phi) is 3.32. The van der Waals surface area contributed by atoms with Crippen LogP contribution in [0.4, 0.5) is 0 Å². The normalized spacial score (nSPS) is 21.7. The zero-order chi connectivity index (χ0) is 13.4. The van der Waals surface area contributed by atoms with E-state index in [9.17, 15) is 0 Å². The van der Waals surface area contributed by atoms with Gasteiger partial charge in [0.05, 0.1) is 8.80 Å². The maximum absolute atomic E-state index is 2.45. The van der Waals surface area contributed by atoms with Crippen LogP contribution in [-0.2, 0) is 6.42 Å². The molecule has 0 aromatic heterocycles. The van der Waals surface area contributed by atoms with Gasteiger partial charge in [-0.3, -0.25) is 0 Å². The molecule has 0 spiro atoms. The second-order valence-electron chi connectivity index (χ2n) is 5.98. The summed E-state index contributed by atoms with van der Waals surface area (Å²) in [5.41, 5.74) is 6.89. The predicted octanol–water partition coefficient (Wildman–Crippen LogP) is 4.92. The zero-order valence-electron chi connectivity index (χ0n) is 12.0. The van der Waals surface area contributed by atoms with Crippen molar-refractivity contribution in [2.45, 2.75) is 32.0 Å². The predicted molar refractivity (Wildman–Crippen MR) is 85.0 cm³/mol. The SMILES string of the molecule is CC1Cc2c(-c3ccccc3)cccc2C1[Si](C)C. The third kappa shape index (κ3) is 2.16. The van der Waals surface area contributed by atoms with E-state index in [0.717, 1.165) is 11.5 Å². The molecule has 1 heteroatoms. The molecule has 0 aliphatic heterocycles. The first-order chi connectivity index (χ1) is 9.18. The van der Waals surface area contributed by atoms with Crippen molar-refractivity contribution in [2.24, 2.45) is 5.92 Å². The summed E-state index contributed by atoms with van der Waals surface area (Å²) in [6.07, 6.45) is 1.25. The minimum absolute atomic E-state index is 0.271. The minimum atomic E-state index is -0.271. The van der Waals surface area contributed by atoms with Gasteiger partial charge < -0.3 is 0 Å². The van der Waals surface area contributed by atoms with Crippen LogP contribution in [0.5, 0.6) is 0 Å². The van der Waals surface area contributed by atoms with Gasteiger partial charge in [0.15, 0.2) is 0 Å². The van der Waals surface area contributed by atoms with Crippen molar-refractivity contribution in [3.8, 4) is 11.1 Å². The second-order valence-corrected chi connectivity index (χ2v) is 8.75. The molecule has 2 aromatic carbocycles. The summed E-state index contributed by atoms with van der Waals surface area (Å²) in [7, 11) is -0.271. The van der Waals surface area contributed by atoms with E-state index < -0.39 is 0 Å². The molecule has 0 saturated heterocycles. The smallest absolute Gasteiger partial charge is 0.0501 e. The molecule has 3 rings (SSSR count). The maximum atomic E-state index is 2.45. The monoisotopic (exact) mass is 265 g/mol. The highest BCUT2D eigenvalue weighted by Gasteiger charge is 2.33. The van der Waals surface area contributed by atoms with E-state index in [4.69, 9.17) is 0 Å². The molecule has 0 heterocycles. The van der Waals surface area contributed by atoms with Crippen molar-refractivity contribution >= 4 is 8.80 Å². The zero-order valence-corrected chi connectivity index (χ0v) is 13.0. The molecule has 2 atom stereocenters. The molecule has 97 valence electrons. The van der Waals surface area contributed by atoms with Gasteiger partial charge in [0.25, 0.3) is 0 Å². The standard InChI is InChI=1S/C18H21Si/c1-13-12-17-15(14-8-5-4-6-9-14)10-7-11-16(17)18(13)19(2)3/h4-11,13,18H,12H2,1-3H3. The van der Waals surface area contributed by atoms with E-state index in [2.05, 4.69) is 68.5 Å². The second kappa shape index (κ2) is 4.97. The maximum Gasteiger partial charge on any atom is 0.0501 e. The third-order valence-electron chi connectivity index (χ3n) is 4.35. The highest BCUT2D eigenvalue weighted by Crippen LogP contribution is 2.43. The van der Waals surface area contributed by atoms with Gasteiger partial charge in [-0.05, 0) is 40.1 Å². The highest BCUT2D eigenvalue weighted by molar-refractivity contribution is 6.57. The van der Waals surface area contributed by atoms with E-state index >= 15 is 0 Å². The fourth-order valence-electron chi connectivity index (χ4n) is 3.64. The van der Waals surface area contributed by atoms with Gasteiger partial charge >= 0.3 is 0 Å². The van der Waals surface area contributed by atoms with E-state index in [1.54, 1.807) is 11.1 Å². The molecule has 0 nitrogen and oxygen atoms in total. The van der Waals surface area contributed by atoms with Crippen molar-refractivity contribution in [3.63, 3.8) is 0 Å². The lowest BCUT2D eigenvalue weighted by atomic mass is 9.97. The molecule has 2 aromatic rings. The third-order valence-corrected chi connectivity index (χ3v) is 6.47. The van der Waals surface area contributed by atoms with E-state index in [1.807, 2.05) is 0 Å². The Morgan fingerprint density at radius 2 is 1.68 bits per heavy atom. The Bertz CT molecular complexity index is 571. The highest BCUT2D eigenvalue weighted by atomic mass is 28.3. The number of hydrogen-bond acceptors (Lipinski definition) is 0. The average molecular weight is 265 g/mol. The Hall–Kier alpha value is -1.34. The van der Waals surface area contributed by atoms with Gasteiger partial charge in [-0.1, -0.05) is 68.5 Å². The van der Waals surface area contributed by atoms with Gasteiger partial charge in [0.1, 0.15) is 0 Å². The summed E-state index contributed by atoms with van der Waals surface area (Å²) in [6.45, 7) is 7.34. The summed E-state index contributed by atoms with van der Waals surface area (Å²) in [6, 6.07) is 17.7. The molecular formula is C18H21Si. The molecule has 0 bridgehead atoms. The van der Waals surface area contributed by atoms with Crippen LogP contribution in [0.15, 0.2) is 48.5 Å². The van der Waals surface area contributed by atoms with E-state index in [0.29, 0.717) is 0 Å². The first-order valence-corrected chi connectivity index (χ1v) is 9.73. The summed E-state index contributed by atoms with van der Waals surface area (Å²) >= 11 is 0. The number of hydrogen-bond donors (Lipinski definition) is 0. The van der Waals surface area contributed by atoms with Gasteiger partial charge in [0.2, 0.25) is 0 Å². The van der Waals surface area contributed by atoms with Crippen molar-refractivity contribution in [1.82, 2.24) is 0 Å². The van der Waals surface area contributed by atoms with E-state index in [-0.39, 0.29) is 8.80 Å². The summed E-state index contributed by atoms with van der Waals surface area (Å²) in [5, 5.41) is 0. The summed E-state index contributed by atoms with van der Waals surface area (Å²) in [4.78, 5) is 0. The van der Waals surface area contributed by atoms with Gasteiger partial charge in [-0.2, -0.15) is 0 Å². The molecule has 1 aliphatic rings. The Morgan fingerprint density at radius 3 is 2.37 bits per heavy atom. The van der Waals surface area contributed by atoms with Crippen LogP contribution in [0.1, 0.15) is 23.6 Å². The van der Waals surface area contributed by atoms with Crippen LogP contribution < -0.4 is 0 Å². The summed E-state index contributed by atoms with van der Waals surface area (Å²) < 4.78 is 0. The van der Waals surface area contributed by atoms with Crippen molar-refractivity contribution in [2.75, 3.05) is 0 Å². The molecule has 1 aliphatic carbocycles. The number of fused-ring (bicyclic) bond motifs is 1. The van der Waals surface area contributed by atoms with E-state index in [1.165, 1.54) is 17.5 Å². The van der Waals surface area contributed by atoms with Gasteiger partial charge in [-0.25, -0.2) is 0 Å². The lowest BCUT2D eigenvalue weighted by molar-refractivity contribution is 0.599. The van der Waals surface area contributed by atoms with Crippen molar-refractivity contribution in [3.05, 3.63) is 59.7 Å². The van der Waals surface area contributed by atoms with Crippen LogP contribution in [0.3, 0.4) is 0 Å². The Balaban J connectivity index is 2.12. The van der Waals surface area contributed by atoms with Crippen LogP contribution in [-0.4, -0.2) is 8.80 Å². The molecule has 0 N–H and O–H groups in total. The van der Waals surface area contributed by atoms with Gasteiger partial charge in [0, 0.05) is 0 Å². The van der Waals surface area contributed by atoms with Crippen LogP contribution in [0, 0.1) is 5.92 Å². The summed E-state index contributed by atoms with van der Waals surface area (Å²) in [5.74, 6) is 0.809. The van der Waals surface area contributed by atoms with Crippen LogP contribution in [0.25, 0.3) is 11.1 Å². The molecule has 0 saturated carbocycles. The number of rotatable bonds is 2. The van der Waals surface area contributed by atoms with Gasteiger partial charge in [-0.15, -0.1) is 0 Å². The fraction of sp³-hybridized carbons (Fsp3) is 0.333. The molecule has 2 unspecified atom stereocenters. The molecular weight excluding hydrogens is 244 g/mol. The first kappa shape index (κ1) is 12.7. The quantitative estimate of drug-likeness (QED) is 0.676. The Morgan fingerprint density at radius 1 is 0.947 bits per heavy atom. The minimum Gasteiger partial charge on any atom is -0.0708 e. The molecule has 0 fully saturated rings. The number of benzene rings is 2. The Labute approximate surface area is 118 Å². The molecule has 1 radical (unpaired) electrons. The van der Waals surface area contributed by atoms with Crippen LogP contribution in [0.2, 0.25) is 13.1 Å². The largest absolute Gasteiger partial charge is 0.0708 e. The topological polar surface area (TPSA) is 0 Å². The molecule has 0 amide bonds. The van der Waals surface area contributed by atoms with Crippen LogP contribution >= 0.6 is 0 Å². The fourth-order valence-corrected chi connectivity index (χ4v) is 5.79. The van der Waals surface area contributed by atoms with Crippen molar-refractivity contribution in [1.29, 1.82) is 0 Å². The lowest BCUT2D eigenvalue weighted by Crippen LogP contribution is -2.19. The average Bonchev–Trinajstić information content (AvgIpc) is 2.75. The van der Waals surface area contributed by atoms with Crippen molar-refractivity contribution < 1.29 is 0 Å². The first-order valence-electron chi connectivity index (χ1n) is 7.15.